The fraction of sp³-hybridized carbons (Fsp3) is 0.400. The Morgan fingerprint density at radius 2 is 2.35 bits per heavy atom. The highest BCUT2D eigenvalue weighted by molar-refractivity contribution is 5.64. The number of aromatic nitrogens is 1. The maximum Gasteiger partial charge on any atom is 0.328 e. The van der Waals surface area contributed by atoms with Crippen LogP contribution in [0.25, 0.3) is 0 Å². The molecule has 1 heterocycles. The lowest BCUT2D eigenvalue weighted by Crippen LogP contribution is -2.39. The van der Waals surface area contributed by atoms with Crippen LogP contribution < -0.4 is 11.1 Å². The molecule has 0 amide bonds. The van der Waals surface area contributed by atoms with Gasteiger partial charge in [-0.05, 0) is 19.9 Å². The first-order valence-electron chi connectivity index (χ1n) is 4.91. The third-order valence-electron chi connectivity index (χ3n) is 1.94. The van der Waals surface area contributed by atoms with E-state index in [0.29, 0.717) is 6.54 Å². The van der Waals surface area contributed by atoms with E-state index >= 15 is 0 Å². The molecule has 0 fully saturated rings. The summed E-state index contributed by atoms with van der Waals surface area (Å²) >= 11 is 0. The zero-order valence-electron chi connectivity index (χ0n) is 9.60. The molecule has 90 valence electrons. The number of nitrogens with one attached hydrogen (secondary N) is 1. The minimum absolute atomic E-state index is 0.0256. The minimum Gasteiger partial charge on any atom is -0.362 e. The summed E-state index contributed by atoms with van der Waals surface area (Å²) in [5, 5.41) is 22.4. The number of hydrogen-bond donors (Lipinski definition) is 2. The zero-order valence-corrected chi connectivity index (χ0v) is 9.60. The van der Waals surface area contributed by atoms with E-state index in [-0.39, 0.29) is 17.1 Å². The Kier molecular flexibility index (Phi) is 3.60. The van der Waals surface area contributed by atoms with Gasteiger partial charge in [-0.3, -0.25) is 10.1 Å². The number of nitro groups is 1. The lowest BCUT2D eigenvalue weighted by molar-refractivity contribution is -0.384. The van der Waals surface area contributed by atoms with E-state index < -0.39 is 10.5 Å². The molecule has 3 N–H and O–H groups in total. The second kappa shape index (κ2) is 4.76. The topological polar surface area (TPSA) is 118 Å². The molecule has 1 aromatic rings. The van der Waals surface area contributed by atoms with E-state index in [2.05, 4.69) is 10.3 Å². The van der Waals surface area contributed by atoms with Crippen LogP contribution in [0.3, 0.4) is 0 Å². The number of anilines is 1. The monoisotopic (exact) mass is 235 g/mol. The summed E-state index contributed by atoms with van der Waals surface area (Å²) < 4.78 is 0. The van der Waals surface area contributed by atoms with E-state index in [0.717, 1.165) is 0 Å². The lowest BCUT2D eigenvalue weighted by Gasteiger charge is -2.19. The van der Waals surface area contributed by atoms with Gasteiger partial charge in [-0.15, -0.1) is 0 Å². The number of hydrogen-bond acceptors (Lipinski definition) is 6. The highest BCUT2D eigenvalue weighted by Gasteiger charge is 2.22. The van der Waals surface area contributed by atoms with Crippen LogP contribution in [-0.4, -0.2) is 22.0 Å². The molecule has 7 nitrogen and oxygen atoms in total. The number of nitrogens with two attached hydrogens (primary N) is 1. The average molecular weight is 235 g/mol. The van der Waals surface area contributed by atoms with Crippen molar-refractivity contribution < 1.29 is 4.92 Å². The van der Waals surface area contributed by atoms with Crippen molar-refractivity contribution in [3.63, 3.8) is 0 Å². The summed E-state index contributed by atoms with van der Waals surface area (Å²) in [5.74, 6) is 0.0626. The van der Waals surface area contributed by atoms with Crippen LogP contribution in [0.2, 0.25) is 0 Å². The van der Waals surface area contributed by atoms with Gasteiger partial charge >= 0.3 is 5.69 Å². The lowest BCUT2D eigenvalue weighted by atomic mass is 10.1. The van der Waals surface area contributed by atoms with Crippen molar-refractivity contribution in [3.05, 3.63) is 27.9 Å². The van der Waals surface area contributed by atoms with Crippen LogP contribution in [0.15, 0.2) is 12.3 Å². The van der Waals surface area contributed by atoms with Gasteiger partial charge in [0, 0.05) is 18.3 Å². The highest BCUT2D eigenvalue weighted by atomic mass is 16.6. The Bertz CT molecular complexity index is 473. The Labute approximate surface area is 98.4 Å². The third-order valence-corrected chi connectivity index (χ3v) is 1.94. The normalized spacial score (nSPS) is 10.7. The number of nitriles is 1. The highest BCUT2D eigenvalue weighted by Crippen LogP contribution is 2.25. The van der Waals surface area contributed by atoms with Crippen LogP contribution in [0.5, 0.6) is 0 Å². The van der Waals surface area contributed by atoms with Crippen molar-refractivity contribution in [2.45, 2.75) is 19.4 Å². The molecular weight excluding hydrogens is 222 g/mol. The first-order chi connectivity index (χ1) is 7.85. The van der Waals surface area contributed by atoms with E-state index in [1.54, 1.807) is 19.9 Å². The quantitative estimate of drug-likeness (QED) is 0.594. The molecule has 0 aliphatic carbocycles. The van der Waals surface area contributed by atoms with Crippen molar-refractivity contribution >= 4 is 11.5 Å². The first-order valence-corrected chi connectivity index (χ1v) is 4.91. The smallest absolute Gasteiger partial charge is 0.328 e. The Morgan fingerprint density at radius 1 is 1.71 bits per heavy atom. The molecule has 0 aliphatic rings. The van der Waals surface area contributed by atoms with Crippen molar-refractivity contribution in [1.29, 1.82) is 5.26 Å². The van der Waals surface area contributed by atoms with Crippen molar-refractivity contribution in [3.8, 4) is 6.07 Å². The summed E-state index contributed by atoms with van der Waals surface area (Å²) in [5.41, 5.74) is 4.88. The predicted octanol–water partition coefficient (Wildman–Crippen LogP) is 1.01. The molecule has 0 radical (unpaired) electrons. The van der Waals surface area contributed by atoms with Gasteiger partial charge in [0.2, 0.25) is 5.82 Å². The summed E-state index contributed by atoms with van der Waals surface area (Å²) in [6.07, 6.45) is 1.34. The van der Waals surface area contributed by atoms with E-state index in [9.17, 15) is 10.1 Å². The average Bonchev–Trinajstić information content (AvgIpc) is 2.24. The molecular formula is C10H13N5O2. The van der Waals surface area contributed by atoms with Gasteiger partial charge in [0.05, 0.1) is 4.92 Å². The second-order valence-electron chi connectivity index (χ2n) is 4.27. The van der Waals surface area contributed by atoms with Gasteiger partial charge < -0.3 is 11.1 Å². The second-order valence-corrected chi connectivity index (χ2v) is 4.27. The summed E-state index contributed by atoms with van der Waals surface area (Å²) in [4.78, 5) is 14.1. The molecule has 0 atom stereocenters. The largest absolute Gasteiger partial charge is 0.362 e. The molecule has 0 saturated carbocycles. The standard InChI is InChI=1S/C10H13N5O2/c1-10(2,12)6-14-9-8(15(16)17)7(5-11)3-4-13-9/h3-4H,6,12H2,1-2H3,(H,13,14). The summed E-state index contributed by atoms with van der Waals surface area (Å²) in [6.45, 7) is 3.87. The van der Waals surface area contributed by atoms with Crippen molar-refractivity contribution in [2.24, 2.45) is 5.73 Å². The van der Waals surface area contributed by atoms with Crippen molar-refractivity contribution in [1.82, 2.24) is 4.98 Å². The van der Waals surface area contributed by atoms with Gasteiger partial charge in [-0.2, -0.15) is 5.26 Å². The molecule has 0 aliphatic heterocycles. The van der Waals surface area contributed by atoms with Gasteiger partial charge in [-0.25, -0.2) is 4.98 Å². The van der Waals surface area contributed by atoms with Gasteiger partial charge in [-0.1, -0.05) is 0 Å². The zero-order chi connectivity index (χ0) is 13.1. The molecule has 1 rings (SSSR count). The fourth-order valence-corrected chi connectivity index (χ4v) is 1.17. The number of pyridine rings is 1. The van der Waals surface area contributed by atoms with E-state index in [1.807, 2.05) is 0 Å². The van der Waals surface area contributed by atoms with Gasteiger partial charge in [0.25, 0.3) is 0 Å². The van der Waals surface area contributed by atoms with Gasteiger partial charge in [0.15, 0.2) is 0 Å². The van der Waals surface area contributed by atoms with Crippen LogP contribution in [0, 0.1) is 21.4 Å². The maximum atomic E-state index is 10.9. The Balaban J connectivity index is 3.08. The fourth-order valence-electron chi connectivity index (χ4n) is 1.17. The summed E-state index contributed by atoms with van der Waals surface area (Å²) in [6, 6.07) is 3.06. The molecule has 17 heavy (non-hydrogen) atoms. The van der Waals surface area contributed by atoms with E-state index in [4.69, 9.17) is 11.0 Å². The van der Waals surface area contributed by atoms with Crippen LogP contribution >= 0.6 is 0 Å². The minimum atomic E-state index is -0.628. The molecule has 0 saturated heterocycles. The molecule has 0 unspecified atom stereocenters. The van der Waals surface area contributed by atoms with Crippen LogP contribution in [-0.2, 0) is 0 Å². The van der Waals surface area contributed by atoms with Crippen molar-refractivity contribution in [2.75, 3.05) is 11.9 Å². The van der Waals surface area contributed by atoms with Crippen LogP contribution in [0.4, 0.5) is 11.5 Å². The maximum absolute atomic E-state index is 10.9. The first kappa shape index (κ1) is 12.9. The number of rotatable bonds is 4. The van der Waals surface area contributed by atoms with Crippen LogP contribution in [0.1, 0.15) is 19.4 Å². The molecule has 0 aromatic carbocycles. The predicted molar refractivity (Wildman–Crippen MR) is 62.4 cm³/mol. The number of nitrogens with zero attached hydrogens (tertiary/aromatic N) is 3. The molecule has 0 bridgehead atoms. The Hall–Kier alpha value is -2.20. The van der Waals surface area contributed by atoms with Gasteiger partial charge in [0.1, 0.15) is 11.6 Å². The van der Waals surface area contributed by atoms with E-state index in [1.165, 1.54) is 12.3 Å². The molecule has 0 spiro atoms. The molecule has 1 aromatic heterocycles. The SMILES string of the molecule is CC(C)(N)CNc1nccc(C#N)c1[N+](=O)[O-]. The summed E-state index contributed by atoms with van der Waals surface area (Å²) in [7, 11) is 0. The molecule has 7 heteroatoms. The third kappa shape index (κ3) is 3.39. The Morgan fingerprint density at radius 3 is 2.82 bits per heavy atom.